The van der Waals surface area contributed by atoms with Gasteiger partial charge >= 0.3 is 6.18 Å². The normalized spacial score (nSPS) is 11.2. The summed E-state index contributed by atoms with van der Waals surface area (Å²) in [6.45, 7) is 0.0370. The van der Waals surface area contributed by atoms with Gasteiger partial charge in [0, 0.05) is 16.6 Å². The molecule has 2 rings (SSSR count). The number of carbonyl (C=O) groups excluding carboxylic acids is 1. The highest BCUT2D eigenvalue weighted by Gasteiger charge is 2.30. The van der Waals surface area contributed by atoms with Crippen LogP contribution in [0.5, 0.6) is 0 Å². The van der Waals surface area contributed by atoms with E-state index in [0.717, 1.165) is 16.6 Å². The minimum Gasteiger partial charge on any atom is -0.348 e. The van der Waals surface area contributed by atoms with Crippen molar-refractivity contribution in [3.8, 4) is 0 Å². The van der Waals surface area contributed by atoms with Crippen LogP contribution >= 0.6 is 15.9 Å². The van der Waals surface area contributed by atoms with Gasteiger partial charge in [-0.3, -0.25) is 4.79 Å². The van der Waals surface area contributed by atoms with Crippen molar-refractivity contribution in [2.45, 2.75) is 12.7 Å². The second kappa shape index (κ2) is 6.30. The number of hydrogen-bond acceptors (Lipinski definition) is 1. The van der Waals surface area contributed by atoms with Crippen molar-refractivity contribution in [3.05, 3.63) is 69.7 Å². The van der Waals surface area contributed by atoms with Crippen molar-refractivity contribution in [2.75, 3.05) is 0 Å². The maximum absolute atomic E-state index is 12.6. The van der Waals surface area contributed by atoms with Crippen LogP contribution in [-0.4, -0.2) is 5.91 Å². The fourth-order valence-corrected chi connectivity index (χ4v) is 2.17. The highest BCUT2D eigenvalue weighted by atomic mass is 79.9. The molecule has 0 aromatic heterocycles. The molecule has 110 valence electrons. The van der Waals surface area contributed by atoms with Crippen LogP contribution in [-0.2, 0) is 12.7 Å². The number of hydrogen-bond donors (Lipinski definition) is 1. The summed E-state index contributed by atoms with van der Waals surface area (Å²) in [4.78, 5) is 11.9. The lowest BCUT2D eigenvalue weighted by Crippen LogP contribution is -2.23. The van der Waals surface area contributed by atoms with Crippen molar-refractivity contribution >= 4 is 21.8 Å². The van der Waals surface area contributed by atoms with Crippen LogP contribution in [0.25, 0.3) is 0 Å². The van der Waals surface area contributed by atoms with E-state index in [9.17, 15) is 18.0 Å². The quantitative estimate of drug-likeness (QED) is 0.866. The van der Waals surface area contributed by atoms with Gasteiger partial charge in [-0.2, -0.15) is 13.2 Å². The molecule has 0 aliphatic carbocycles. The molecule has 0 aliphatic rings. The molecule has 1 amide bonds. The summed E-state index contributed by atoms with van der Waals surface area (Å²) in [5.41, 5.74) is 0.112. The van der Waals surface area contributed by atoms with Crippen LogP contribution in [0.15, 0.2) is 53.0 Å². The van der Waals surface area contributed by atoms with Gasteiger partial charge in [-0.05, 0) is 35.9 Å². The monoisotopic (exact) mass is 357 g/mol. The number of amides is 1. The first-order valence-electron chi connectivity index (χ1n) is 6.06. The molecule has 2 aromatic carbocycles. The smallest absolute Gasteiger partial charge is 0.348 e. The van der Waals surface area contributed by atoms with E-state index in [0.29, 0.717) is 11.1 Å². The Morgan fingerprint density at radius 3 is 2.48 bits per heavy atom. The van der Waals surface area contributed by atoms with E-state index in [1.54, 1.807) is 24.3 Å². The molecule has 1 N–H and O–H groups in total. The highest BCUT2D eigenvalue weighted by molar-refractivity contribution is 9.10. The topological polar surface area (TPSA) is 29.1 Å². The third-order valence-electron chi connectivity index (χ3n) is 2.79. The fraction of sp³-hybridized carbons (Fsp3) is 0.133. The minimum atomic E-state index is -4.38. The average molecular weight is 358 g/mol. The number of halogens is 4. The van der Waals surface area contributed by atoms with E-state index in [4.69, 9.17) is 0 Å². The van der Waals surface area contributed by atoms with Gasteiger partial charge in [0.25, 0.3) is 5.91 Å². The average Bonchev–Trinajstić information content (AvgIpc) is 2.44. The van der Waals surface area contributed by atoms with Gasteiger partial charge in [-0.1, -0.05) is 34.1 Å². The van der Waals surface area contributed by atoms with Crippen LogP contribution in [0.1, 0.15) is 21.5 Å². The maximum atomic E-state index is 12.6. The lowest BCUT2D eigenvalue weighted by Gasteiger charge is -2.09. The van der Waals surface area contributed by atoms with Crippen LogP contribution < -0.4 is 5.32 Å². The first-order valence-corrected chi connectivity index (χ1v) is 6.85. The molecule has 0 fully saturated rings. The number of benzene rings is 2. The molecule has 0 aliphatic heterocycles. The second-order valence-corrected chi connectivity index (χ2v) is 5.31. The Kier molecular flexibility index (Phi) is 4.67. The zero-order chi connectivity index (χ0) is 15.5. The van der Waals surface area contributed by atoms with Crippen LogP contribution in [0.4, 0.5) is 13.2 Å². The summed E-state index contributed by atoms with van der Waals surface area (Å²) in [6.07, 6.45) is -4.38. The van der Waals surface area contributed by atoms with Gasteiger partial charge in [0.15, 0.2) is 0 Å². The fourth-order valence-electron chi connectivity index (χ4n) is 1.77. The molecule has 0 saturated heterocycles. The SMILES string of the molecule is O=C(NCc1cccc(C(F)(F)F)c1)c1cccc(Br)c1. The lowest BCUT2D eigenvalue weighted by molar-refractivity contribution is -0.137. The summed E-state index contributed by atoms with van der Waals surface area (Å²) in [6, 6.07) is 11.7. The van der Waals surface area contributed by atoms with Crippen LogP contribution in [0, 0.1) is 0 Å². The first-order chi connectivity index (χ1) is 9.86. The Morgan fingerprint density at radius 1 is 1.10 bits per heavy atom. The van der Waals surface area contributed by atoms with Crippen molar-refractivity contribution in [1.82, 2.24) is 5.32 Å². The van der Waals surface area contributed by atoms with Gasteiger partial charge in [-0.15, -0.1) is 0 Å². The highest BCUT2D eigenvalue weighted by Crippen LogP contribution is 2.29. The molecule has 0 spiro atoms. The molecular weight excluding hydrogens is 347 g/mol. The molecule has 2 nitrogen and oxygen atoms in total. The van der Waals surface area contributed by atoms with Crippen molar-refractivity contribution in [3.63, 3.8) is 0 Å². The van der Waals surface area contributed by atoms with Gasteiger partial charge in [0.2, 0.25) is 0 Å². The van der Waals surface area contributed by atoms with E-state index < -0.39 is 11.7 Å². The molecule has 0 radical (unpaired) electrons. The number of nitrogens with one attached hydrogen (secondary N) is 1. The van der Waals surface area contributed by atoms with Gasteiger partial charge in [0.1, 0.15) is 0 Å². The number of alkyl halides is 3. The van der Waals surface area contributed by atoms with Crippen LogP contribution in [0.3, 0.4) is 0 Å². The molecule has 0 unspecified atom stereocenters. The van der Waals surface area contributed by atoms with E-state index in [2.05, 4.69) is 21.2 Å². The first kappa shape index (κ1) is 15.6. The van der Waals surface area contributed by atoms with Gasteiger partial charge < -0.3 is 5.32 Å². The summed E-state index contributed by atoms with van der Waals surface area (Å²) >= 11 is 3.25. The van der Waals surface area contributed by atoms with Crippen molar-refractivity contribution in [2.24, 2.45) is 0 Å². The number of carbonyl (C=O) groups is 1. The largest absolute Gasteiger partial charge is 0.416 e. The molecule has 21 heavy (non-hydrogen) atoms. The standard InChI is InChI=1S/C15H11BrF3NO/c16-13-6-2-4-11(8-13)14(21)20-9-10-3-1-5-12(7-10)15(17,18)19/h1-8H,9H2,(H,20,21). The Labute approximate surface area is 128 Å². The lowest BCUT2D eigenvalue weighted by atomic mass is 10.1. The predicted octanol–water partition coefficient (Wildman–Crippen LogP) is 4.40. The Bertz CT molecular complexity index is 655. The van der Waals surface area contributed by atoms with E-state index in [1.807, 2.05) is 0 Å². The van der Waals surface area contributed by atoms with Gasteiger partial charge in [-0.25, -0.2) is 0 Å². The van der Waals surface area contributed by atoms with Crippen molar-refractivity contribution in [1.29, 1.82) is 0 Å². The molecule has 0 atom stereocenters. The minimum absolute atomic E-state index is 0.0370. The third-order valence-corrected chi connectivity index (χ3v) is 3.29. The summed E-state index contributed by atoms with van der Waals surface area (Å²) in [5, 5.41) is 2.59. The van der Waals surface area contributed by atoms with Crippen LogP contribution in [0.2, 0.25) is 0 Å². The molecule has 0 saturated carbocycles. The molecule has 2 aromatic rings. The summed E-state index contributed by atoms with van der Waals surface area (Å²) in [7, 11) is 0. The Morgan fingerprint density at radius 2 is 1.81 bits per heavy atom. The van der Waals surface area contributed by atoms with E-state index in [1.165, 1.54) is 12.1 Å². The van der Waals surface area contributed by atoms with E-state index in [-0.39, 0.29) is 12.5 Å². The summed E-state index contributed by atoms with van der Waals surface area (Å²) in [5.74, 6) is -0.339. The maximum Gasteiger partial charge on any atom is 0.416 e. The molecular formula is C15H11BrF3NO. The third kappa shape index (κ3) is 4.32. The van der Waals surface area contributed by atoms with Gasteiger partial charge in [0.05, 0.1) is 5.56 Å². The Hall–Kier alpha value is -1.82. The predicted molar refractivity (Wildman–Crippen MR) is 76.8 cm³/mol. The second-order valence-electron chi connectivity index (χ2n) is 4.39. The zero-order valence-electron chi connectivity index (χ0n) is 10.7. The molecule has 6 heteroatoms. The zero-order valence-corrected chi connectivity index (χ0v) is 12.3. The number of rotatable bonds is 3. The van der Waals surface area contributed by atoms with Crippen molar-refractivity contribution < 1.29 is 18.0 Å². The van der Waals surface area contributed by atoms with E-state index >= 15 is 0 Å². The Balaban J connectivity index is 2.05. The molecule has 0 heterocycles. The summed E-state index contributed by atoms with van der Waals surface area (Å²) < 4.78 is 38.5. The molecule has 0 bridgehead atoms.